The molecular formula is C21H24N4O2. The van der Waals surface area contributed by atoms with Crippen molar-refractivity contribution in [3.05, 3.63) is 53.9 Å². The number of nitrogens with one attached hydrogen (secondary N) is 1. The fraction of sp³-hybridized carbons (Fsp3) is 0.429. The van der Waals surface area contributed by atoms with Gasteiger partial charge in [0.1, 0.15) is 0 Å². The van der Waals surface area contributed by atoms with Crippen LogP contribution in [-0.2, 0) is 4.74 Å². The zero-order chi connectivity index (χ0) is 18.7. The van der Waals surface area contributed by atoms with E-state index in [4.69, 9.17) is 4.74 Å². The van der Waals surface area contributed by atoms with Crippen LogP contribution in [0.15, 0.2) is 42.7 Å². The highest BCUT2D eigenvalue weighted by Crippen LogP contribution is 2.35. The van der Waals surface area contributed by atoms with E-state index in [-0.39, 0.29) is 11.3 Å². The number of carbonyl (C=O) groups is 1. The highest BCUT2D eigenvalue weighted by atomic mass is 16.5. The summed E-state index contributed by atoms with van der Waals surface area (Å²) in [6.45, 7) is 4.44. The molecule has 4 rings (SSSR count). The van der Waals surface area contributed by atoms with Crippen molar-refractivity contribution in [2.75, 3.05) is 44.3 Å². The van der Waals surface area contributed by atoms with Crippen molar-refractivity contribution in [3.8, 4) is 6.07 Å². The number of aromatic amines is 1. The smallest absolute Gasteiger partial charge is 0.255 e. The molecule has 6 heteroatoms. The number of ether oxygens (including phenoxy) is 1. The van der Waals surface area contributed by atoms with E-state index in [0.29, 0.717) is 30.9 Å². The lowest BCUT2D eigenvalue weighted by atomic mass is 9.79. The minimum Gasteiger partial charge on any atom is -0.379 e. The van der Waals surface area contributed by atoms with Crippen LogP contribution in [0, 0.1) is 16.7 Å². The van der Waals surface area contributed by atoms with Crippen molar-refractivity contribution in [2.24, 2.45) is 5.41 Å². The molecule has 0 aliphatic carbocycles. The average molecular weight is 364 g/mol. The monoisotopic (exact) mass is 364 g/mol. The number of nitrogens with zero attached hydrogens (tertiary/aromatic N) is 3. The molecule has 0 saturated carbocycles. The number of hydrogen-bond acceptors (Lipinski definition) is 4. The lowest BCUT2D eigenvalue weighted by molar-refractivity contribution is 0.0135. The Kier molecular flexibility index (Phi) is 4.87. The zero-order valence-corrected chi connectivity index (χ0v) is 15.4. The molecule has 27 heavy (non-hydrogen) atoms. The predicted molar refractivity (Wildman–Crippen MR) is 103 cm³/mol. The number of nitriles is 1. The number of benzene rings is 1. The van der Waals surface area contributed by atoms with Crippen LogP contribution in [0.25, 0.3) is 0 Å². The van der Waals surface area contributed by atoms with Gasteiger partial charge >= 0.3 is 0 Å². The van der Waals surface area contributed by atoms with Crippen LogP contribution in [0.1, 0.15) is 28.8 Å². The molecule has 1 amide bonds. The molecule has 1 unspecified atom stereocenters. The Morgan fingerprint density at radius 1 is 1.26 bits per heavy atom. The number of likely N-dealkylation sites (tertiary alicyclic amines) is 1. The molecule has 140 valence electrons. The highest BCUT2D eigenvalue weighted by Gasteiger charge is 2.40. The van der Waals surface area contributed by atoms with Gasteiger partial charge in [0.25, 0.3) is 5.91 Å². The maximum atomic E-state index is 12.8. The number of hydrogen-bond donors (Lipinski definition) is 1. The van der Waals surface area contributed by atoms with Gasteiger partial charge < -0.3 is 19.5 Å². The molecule has 2 saturated heterocycles. The van der Waals surface area contributed by atoms with Crippen LogP contribution in [-0.4, -0.2) is 55.2 Å². The lowest BCUT2D eigenvalue weighted by Gasteiger charge is -2.44. The van der Waals surface area contributed by atoms with Crippen molar-refractivity contribution < 1.29 is 9.53 Å². The summed E-state index contributed by atoms with van der Waals surface area (Å²) in [5, 5.41) is 9.20. The van der Waals surface area contributed by atoms with Gasteiger partial charge in [-0.15, -0.1) is 0 Å². The van der Waals surface area contributed by atoms with E-state index in [1.165, 1.54) is 0 Å². The van der Waals surface area contributed by atoms with Crippen LogP contribution in [0.3, 0.4) is 0 Å². The van der Waals surface area contributed by atoms with Gasteiger partial charge in [-0.25, -0.2) is 0 Å². The first-order valence-electron chi connectivity index (χ1n) is 9.44. The molecule has 2 aliphatic heterocycles. The van der Waals surface area contributed by atoms with Crippen molar-refractivity contribution in [1.29, 1.82) is 5.26 Å². The second kappa shape index (κ2) is 7.45. The number of H-pyrrole nitrogens is 1. The summed E-state index contributed by atoms with van der Waals surface area (Å²) in [4.78, 5) is 20.1. The molecule has 2 fully saturated rings. The van der Waals surface area contributed by atoms with Gasteiger partial charge in [-0.05, 0) is 37.1 Å². The molecule has 1 spiro atoms. The first-order chi connectivity index (χ1) is 13.2. The topological polar surface area (TPSA) is 72.4 Å². The van der Waals surface area contributed by atoms with E-state index in [1.807, 2.05) is 35.2 Å². The van der Waals surface area contributed by atoms with E-state index >= 15 is 0 Å². The van der Waals surface area contributed by atoms with E-state index in [9.17, 15) is 10.1 Å². The van der Waals surface area contributed by atoms with Crippen molar-refractivity contribution >= 4 is 11.6 Å². The number of anilines is 1. The summed E-state index contributed by atoms with van der Waals surface area (Å²) in [6, 6.07) is 11.8. The lowest BCUT2D eigenvalue weighted by Crippen LogP contribution is -2.52. The largest absolute Gasteiger partial charge is 0.379 e. The summed E-state index contributed by atoms with van der Waals surface area (Å²) >= 11 is 0. The molecule has 2 aromatic rings. The molecule has 1 N–H and O–H groups in total. The van der Waals surface area contributed by atoms with Gasteiger partial charge in [-0.1, -0.05) is 6.07 Å². The van der Waals surface area contributed by atoms with Crippen LogP contribution in [0.5, 0.6) is 0 Å². The molecule has 0 bridgehead atoms. The van der Waals surface area contributed by atoms with E-state index < -0.39 is 0 Å². The fourth-order valence-electron chi connectivity index (χ4n) is 4.25. The summed E-state index contributed by atoms with van der Waals surface area (Å²) in [5.41, 5.74) is 2.34. The molecule has 3 heterocycles. The Labute approximate surface area is 159 Å². The van der Waals surface area contributed by atoms with E-state index in [1.54, 1.807) is 12.4 Å². The Morgan fingerprint density at radius 2 is 2.19 bits per heavy atom. The molecule has 1 aromatic heterocycles. The predicted octanol–water partition coefficient (Wildman–Crippen LogP) is 2.65. The van der Waals surface area contributed by atoms with E-state index in [2.05, 4.69) is 16.0 Å². The Hall–Kier alpha value is -2.78. The normalized spacial score (nSPS) is 23.1. The molecule has 1 atom stereocenters. The molecular weight excluding hydrogens is 340 g/mol. The number of carbonyl (C=O) groups excluding carboxylic acids is 1. The fourth-order valence-corrected chi connectivity index (χ4v) is 4.25. The van der Waals surface area contributed by atoms with Gasteiger partial charge in [-0.3, -0.25) is 4.79 Å². The summed E-state index contributed by atoms with van der Waals surface area (Å²) in [6.07, 6.45) is 5.56. The second-order valence-corrected chi connectivity index (χ2v) is 7.57. The Balaban J connectivity index is 1.55. The third-order valence-corrected chi connectivity index (χ3v) is 5.57. The van der Waals surface area contributed by atoms with Crippen LogP contribution in [0.2, 0.25) is 0 Å². The summed E-state index contributed by atoms with van der Waals surface area (Å²) < 4.78 is 5.96. The summed E-state index contributed by atoms with van der Waals surface area (Å²) in [5.74, 6) is 0.0811. The number of rotatable bonds is 2. The Morgan fingerprint density at radius 3 is 3.00 bits per heavy atom. The van der Waals surface area contributed by atoms with Crippen LogP contribution in [0.4, 0.5) is 5.69 Å². The molecule has 0 radical (unpaired) electrons. The Bertz CT molecular complexity index is 842. The third kappa shape index (κ3) is 3.69. The quantitative estimate of drug-likeness (QED) is 0.889. The average Bonchev–Trinajstić information content (AvgIpc) is 3.17. The first-order valence-corrected chi connectivity index (χ1v) is 9.44. The zero-order valence-electron chi connectivity index (χ0n) is 15.4. The van der Waals surface area contributed by atoms with Gasteiger partial charge in [0.05, 0.1) is 30.4 Å². The number of aromatic nitrogens is 1. The number of piperidine rings is 1. The first kappa shape index (κ1) is 17.6. The molecule has 1 aromatic carbocycles. The summed E-state index contributed by atoms with van der Waals surface area (Å²) in [7, 11) is 0. The molecule has 6 nitrogen and oxygen atoms in total. The van der Waals surface area contributed by atoms with Crippen molar-refractivity contribution in [1.82, 2.24) is 9.88 Å². The van der Waals surface area contributed by atoms with Gasteiger partial charge in [0.15, 0.2) is 0 Å². The second-order valence-electron chi connectivity index (χ2n) is 7.57. The minimum atomic E-state index is -0.0800. The standard InChI is InChI=1S/C21H24N4O2/c22-12-17-3-1-4-19(11-17)24-9-10-27-16-21(14-24)6-2-8-25(15-21)20(26)18-5-7-23-13-18/h1,3-5,7,11,13,23H,2,6,8-10,14-16H2. The van der Waals surface area contributed by atoms with E-state index in [0.717, 1.165) is 38.2 Å². The van der Waals surface area contributed by atoms with Crippen molar-refractivity contribution in [2.45, 2.75) is 12.8 Å². The maximum absolute atomic E-state index is 12.8. The van der Waals surface area contributed by atoms with Gasteiger partial charge in [-0.2, -0.15) is 5.26 Å². The minimum absolute atomic E-state index is 0.0800. The SMILES string of the molecule is N#Cc1cccc(N2CCOCC3(CCCN(C(=O)c4cc[nH]c4)C3)C2)c1. The highest BCUT2D eigenvalue weighted by molar-refractivity contribution is 5.94. The maximum Gasteiger partial charge on any atom is 0.255 e. The van der Waals surface area contributed by atoms with Crippen LogP contribution < -0.4 is 4.90 Å². The van der Waals surface area contributed by atoms with Gasteiger partial charge in [0.2, 0.25) is 0 Å². The number of amides is 1. The molecule has 2 aliphatic rings. The van der Waals surface area contributed by atoms with Crippen molar-refractivity contribution in [3.63, 3.8) is 0 Å². The van der Waals surface area contributed by atoms with Gasteiger partial charge in [0, 0.05) is 49.7 Å². The van der Waals surface area contributed by atoms with Crippen LogP contribution >= 0.6 is 0 Å². The third-order valence-electron chi connectivity index (χ3n) is 5.57.